The lowest BCUT2D eigenvalue weighted by Gasteiger charge is -2.36. The Morgan fingerprint density at radius 2 is 1.64 bits per heavy atom. The molecule has 5 rings (SSSR count). The highest BCUT2D eigenvalue weighted by Crippen LogP contribution is 2.28. The second-order valence-electron chi connectivity index (χ2n) is 8.54. The minimum atomic E-state index is -0.312. The summed E-state index contributed by atoms with van der Waals surface area (Å²) in [4.78, 5) is 41.1. The van der Waals surface area contributed by atoms with Crippen molar-refractivity contribution < 1.29 is 14.3 Å². The van der Waals surface area contributed by atoms with Gasteiger partial charge in [-0.3, -0.25) is 9.59 Å². The van der Waals surface area contributed by atoms with Crippen molar-refractivity contribution in [1.29, 1.82) is 0 Å². The van der Waals surface area contributed by atoms with E-state index in [0.717, 1.165) is 34.0 Å². The lowest BCUT2D eigenvalue weighted by atomic mass is 10.1. The number of aryl methyl sites for hydroxylation is 1. The van der Waals surface area contributed by atoms with E-state index in [2.05, 4.69) is 9.88 Å². The molecule has 0 radical (unpaired) electrons. The Balaban J connectivity index is 1.23. The first-order valence-electron chi connectivity index (χ1n) is 11.2. The predicted octanol–water partition coefficient (Wildman–Crippen LogP) is 2.65. The van der Waals surface area contributed by atoms with E-state index < -0.39 is 0 Å². The molecule has 8 nitrogen and oxygen atoms in total. The van der Waals surface area contributed by atoms with Crippen molar-refractivity contribution in [2.24, 2.45) is 5.92 Å². The third-order valence-corrected chi connectivity index (χ3v) is 6.47. The number of ether oxygens (including phenoxy) is 1. The third-order valence-electron chi connectivity index (χ3n) is 6.47. The first kappa shape index (κ1) is 21.2. The average molecular weight is 446 g/mol. The van der Waals surface area contributed by atoms with Crippen LogP contribution in [0.4, 0.5) is 11.5 Å². The molecule has 33 heavy (non-hydrogen) atoms. The number of benzene rings is 2. The molecule has 2 amide bonds. The first-order valence-corrected chi connectivity index (χ1v) is 11.2. The maximum atomic E-state index is 13.2. The number of anilines is 2. The van der Waals surface area contributed by atoms with Gasteiger partial charge in [0.1, 0.15) is 5.75 Å². The normalized spacial score (nSPS) is 18.8. The fourth-order valence-electron chi connectivity index (χ4n) is 4.66. The summed E-state index contributed by atoms with van der Waals surface area (Å²) in [5, 5.41) is 0. The maximum Gasteiger partial charge on any atom is 0.228 e. The number of carbonyl (C=O) groups is 2. The van der Waals surface area contributed by atoms with E-state index in [1.165, 1.54) is 0 Å². The minimum absolute atomic E-state index is 0.0146. The van der Waals surface area contributed by atoms with Gasteiger partial charge in [0.25, 0.3) is 0 Å². The van der Waals surface area contributed by atoms with Crippen molar-refractivity contribution in [3.63, 3.8) is 0 Å². The summed E-state index contributed by atoms with van der Waals surface area (Å²) in [5.41, 5.74) is 3.45. The summed E-state index contributed by atoms with van der Waals surface area (Å²) in [5.74, 6) is 1.35. The van der Waals surface area contributed by atoms with Crippen LogP contribution in [-0.2, 0) is 9.59 Å². The van der Waals surface area contributed by atoms with E-state index in [0.29, 0.717) is 32.7 Å². The molecule has 3 heterocycles. The Labute approximate surface area is 192 Å². The molecule has 3 aromatic rings. The van der Waals surface area contributed by atoms with Crippen LogP contribution in [0.25, 0.3) is 11.0 Å². The van der Waals surface area contributed by atoms with Gasteiger partial charge < -0.3 is 19.4 Å². The molecule has 1 aromatic heterocycles. The number of para-hydroxylation sites is 2. The highest BCUT2D eigenvalue weighted by atomic mass is 16.5. The van der Waals surface area contributed by atoms with Gasteiger partial charge in [-0.25, -0.2) is 9.97 Å². The Bertz CT molecular complexity index is 1190. The summed E-state index contributed by atoms with van der Waals surface area (Å²) in [6, 6.07) is 15.2. The van der Waals surface area contributed by atoms with Gasteiger partial charge in [-0.15, -0.1) is 0 Å². The molecular weight excluding hydrogens is 418 g/mol. The van der Waals surface area contributed by atoms with Gasteiger partial charge in [-0.1, -0.05) is 12.1 Å². The first-order chi connectivity index (χ1) is 16.0. The predicted molar refractivity (Wildman–Crippen MR) is 127 cm³/mol. The zero-order valence-corrected chi connectivity index (χ0v) is 18.9. The summed E-state index contributed by atoms with van der Waals surface area (Å²) in [6.45, 7) is 5.01. The van der Waals surface area contributed by atoms with E-state index in [9.17, 15) is 9.59 Å². The van der Waals surface area contributed by atoms with E-state index in [1.807, 2.05) is 60.4 Å². The molecule has 2 aliphatic heterocycles. The summed E-state index contributed by atoms with van der Waals surface area (Å²) < 4.78 is 5.19. The SMILES string of the molecule is COc1ccc(N2CC(C(=O)N3CCN(c4nc5ccccc5nc4C)CC3)CC2=O)cc1. The Morgan fingerprint density at radius 3 is 2.30 bits per heavy atom. The number of aromatic nitrogens is 2. The molecule has 0 N–H and O–H groups in total. The van der Waals surface area contributed by atoms with Crippen molar-refractivity contribution in [2.45, 2.75) is 13.3 Å². The quantitative estimate of drug-likeness (QED) is 0.614. The molecule has 0 aliphatic carbocycles. The zero-order valence-electron chi connectivity index (χ0n) is 18.9. The highest BCUT2D eigenvalue weighted by molar-refractivity contribution is 6.00. The second-order valence-corrected chi connectivity index (χ2v) is 8.54. The molecule has 1 unspecified atom stereocenters. The van der Waals surface area contributed by atoms with E-state index in [1.54, 1.807) is 12.0 Å². The number of rotatable bonds is 4. The van der Waals surface area contributed by atoms with Crippen molar-refractivity contribution in [1.82, 2.24) is 14.9 Å². The molecule has 0 spiro atoms. The van der Waals surface area contributed by atoms with Gasteiger partial charge in [-0.05, 0) is 43.3 Å². The number of hydrogen-bond acceptors (Lipinski definition) is 6. The molecular formula is C25H27N5O3. The topological polar surface area (TPSA) is 78.9 Å². The second kappa shape index (κ2) is 8.69. The maximum absolute atomic E-state index is 13.2. The lowest BCUT2D eigenvalue weighted by Crippen LogP contribution is -2.51. The Hall–Kier alpha value is -3.68. The largest absolute Gasteiger partial charge is 0.497 e. The number of hydrogen-bond donors (Lipinski definition) is 0. The van der Waals surface area contributed by atoms with Crippen molar-refractivity contribution >= 4 is 34.4 Å². The van der Waals surface area contributed by atoms with Crippen LogP contribution in [0.5, 0.6) is 5.75 Å². The summed E-state index contributed by atoms with van der Waals surface area (Å²) >= 11 is 0. The van der Waals surface area contributed by atoms with Crippen LogP contribution in [0.3, 0.4) is 0 Å². The number of carbonyl (C=O) groups excluding carboxylic acids is 2. The third kappa shape index (κ3) is 4.08. The summed E-state index contributed by atoms with van der Waals surface area (Å²) in [7, 11) is 1.61. The fourth-order valence-corrected chi connectivity index (χ4v) is 4.66. The van der Waals surface area contributed by atoms with Gasteiger partial charge in [0.15, 0.2) is 5.82 Å². The van der Waals surface area contributed by atoms with Crippen molar-refractivity contribution in [2.75, 3.05) is 49.6 Å². The van der Waals surface area contributed by atoms with Crippen LogP contribution in [0.1, 0.15) is 12.1 Å². The molecule has 2 fully saturated rings. The van der Waals surface area contributed by atoms with Crippen LogP contribution in [0.15, 0.2) is 48.5 Å². The van der Waals surface area contributed by atoms with Gasteiger partial charge in [-0.2, -0.15) is 0 Å². The monoisotopic (exact) mass is 445 g/mol. The zero-order chi connectivity index (χ0) is 22.9. The van der Waals surface area contributed by atoms with E-state index >= 15 is 0 Å². The van der Waals surface area contributed by atoms with Crippen LogP contribution >= 0.6 is 0 Å². The van der Waals surface area contributed by atoms with Crippen LogP contribution in [-0.4, -0.2) is 66.5 Å². The van der Waals surface area contributed by atoms with Crippen LogP contribution in [0.2, 0.25) is 0 Å². The number of piperazine rings is 1. The molecule has 2 aliphatic rings. The van der Waals surface area contributed by atoms with Gasteiger partial charge >= 0.3 is 0 Å². The van der Waals surface area contributed by atoms with Crippen LogP contribution in [0, 0.1) is 12.8 Å². The molecule has 2 saturated heterocycles. The molecule has 8 heteroatoms. The smallest absolute Gasteiger partial charge is 0.228 e. The number of amides is 2. The molecule has 2 aromatic carbocycles. The molecule has 1 atom stereocenters. The average Bonchev–Trinajstić information content (AvgIpc) is 3.25. The van der Waals surface area contributed by atoms with Gasteiger partial charge in [0, 0.05) is 44.8 Å². The Morgan fingerprint density at radius 1 is 0.970 bits per heavy atom. The van der Waals surface area contributed by atoms with Crippen molar-refractivity contribution in [3.8, 4) is 5.75 Å². The number of methoxy groups -OCH3 is 1. The Kier molecular flexibility index (Phi) is 5.58. The fraction of sp³-hybridized carbons (Fsp3) is 0.360. The van der Waals surface area contributed by atoms with E-state index in [4.69, 9.17) is 9.72 Å². The van der Waals surface area contributed by atoms with Gasteiger partial charge in [0.05, 0.1) is 29.8 Å². The minimum Gasteiger partial charge on any atom is -0.497 e. The van der Waals surface area contributed by atoms with Crippen LogP contribution < -0.4 is 14.5 Å². The summed E-state index contributed by atoms with van der Waals surface area (Å²) in [6.07, 6.45) is 0.250. The highest BCUT2D eigenvalue weighted by Gasteiger charge is 2.38. The number of nitrogens with zero attached hydrogens (tertiary/aromatic N) is 5. The standard InChI is InChI=1S/C25H27N5O3/c1-17-24(27-22-6-4-3-5-21(22)26-17)28-11-13-29(14-12-28)25(32)18-15-23(31)30(16-18)19-7-9-20(33-2)10-8-19/h3-10,18H,11-16H2,1-2H3. The van der Waals surface area contributed by atoms with Crippen molar-refractivity contribution in [3.05, 3.63) is 54.2 Å². The van der Waals surface area contributed by atoms with E-state index in [-0.39, 0.29) is 24.2 Å². The lowest BCUT2D eigenvalue weighted by molar-refractivity contribution is -0.136. The molecule has 0 saturated carbocycles. The molecule has 170 valence electrons. The number of fused-ring (bicyclic) bond motifs is 1. The van der Waals surface area contributed by atoms with Gasteiger partial charge in [0.2, 0.25) is 11.8 Å². The molecule has 0 bridgehead atoms.